The Morgan fingerprint density at radius 3 is 2.76 bits per heavy atom. The molecule has 0 amide bonds. The molecule has 1 spiro atoms. The Morgan fingerprint density at radius 2 is 2.04 bits per heavy atom. The first-order valence-corrected chi connectivity index (χ1v) is 9.47. The van der Waals surface area contributed by atoms with Crippen LogP contribution in [0.1, 0.15) is 24.6 Å². The van der Waals surface area contributed by atoms with Crippen LogP contribution in [0.15, 0.2) is 12.4 Å². The van der Waals surface area contributed by atoms with Crippen LogP contribution in [0.4, 0.5) is 19.0 Å². The molecule has 0 N–H and O–H groups in total. The Morgan fingerprint density at radius 1 is 1.24 bits per heavy atom. The lowest BCUT2D eigenvalue weighted by molar-refractivity contribution is -0.144. The predicted octanol–water partition coefficient (Wildman–Crippen LogP) is 3.72. The fraction of sp³-hybridized carbons (Fsp3) is 0.647. The summed E-state index contributed by atoms with van der Waals surface area (Å²) in [7, 11) is 0. The second-order valence-electron chi connectivity index (χ2n) is 7.23. The molecule has 4 heterocycles. The zero-order valence-corrected chi connectivity index (χ0v) is 15.0. The van der Waals surface area contributed by atoms with E-state index in [1.54, 1.807) is 17.7 Å². The summed E-state index contributed by atoms with van der Waals surface area (Å²) in [6, 6.07) is 2.18. The highest BCUT2D eigenvalue weighted by Crippen LogP contribution is 2.42. The smallest absolute Gasteiger partial charge is 0.355 e. The molecule has 4 nitrogen and oxygen atoms in total. The van der Waals surface area contributed by atoms with Crippen molar-refractivity contribution < 1.29 is 13.2 Å². The number of likely N-dealkylation sites (tertiary alicyclic amines) is 1. The zero-order chi connectivity index (χ0) is 17.7. The summed E-state index contributed by atoms with van der Waals surface area (Å²) in [5, 5.41) is 1.11. The van der Waals surface area contributed by atoms with Crippen molar-refractivity contribution in [1.82, 2.24) is 14.9 Å². The van der Waals surface area contributed by atoms with Gasteiger partial charge in [-0.25, -0.2) is 9.97 Å². The van der Waals surface area contributed by atoms with Gasteiger partial charge in [0.15, 0.2) is 0 Å². The van der Waals surface area contributed by atoms with Gasteiger partial charge in [0.2, 0.25) is 0 Å². The topological polar surface area (TPSA) is 32.3 Å². The monoisotopic (exact) mass is 370 g/mol. The maximum atomic E-state index is 12.4. The molecule has 0 saturated carbocycles. The Labute approximate surface area is 148 Å². The highest BCUT2D eigenvalue weighted by Gasteiger charge is 2.48. The van der Waals surface area contributed by atoms with Gasteiger partial charge in [-0.05, 0) is 18.9 Å². The van der Waals surface area contributed by atoms with E-state index in [0.717, 1.165) is 55.1 Å². The molecule has 2 aliphatic rings. The molecule has 25 heavy (non-hydrogen) atoms. The second kappa shape index (κ2) is 6.09. The summed E-state index contributed by atoms with van der Waals surface area (Å²) in [6.45, 7) is 5.56. The minimum Gasteiger partial charge on any atom is -0.355 e. The molecule has 0 unspecified atom stereocenters. The molecule has 4 rings (SSSR count). The van der Waals surface area contributed by atoms with Crippen LogP contribution in [0.2, 0.25) is 0 Å². The highest BCUT2D eigenvalue weighted by atomic mass is 32.1. The number of hydrogen-bond acceptors (Lipinski definition) is 5. The molecule has 2 aliphatic heterocycles. The first-order chi connectivity index (χ1) is 11.9. The number of aryl methyl sites for hydroxylation is 1. The quantitative estimate of drug-likeness (QED) is 0.821. The summed E-state index contributed by atoms with van der Waals surface area (Å²) < 4.78 is 37.1. The molecule has 0 atom stereocenters. The van der Waals surface area contributed by atoms with Gasteiger partial charge >= 0.3 is 6.18 Å². The summed E-state index contributed by atoms with van der Waals surface area (Å²) >= 11 is 1.71. The highest BCUT2D eigenvalue weighted by molar-refractivity contribution is 7.18. The van der Waals surface area contributed by atoms with E-state index in [1.807, 2.05) is 4.90 Å². The van der Waals surface area contributed by atoms with Crippen molar-refractivity contribution in [2.45, 2.75) is 32.4 Å². The fourth-order valence-electron chi connectivity index (χ4n) is 4.04. The number of anilines is 1. The molecule has 2 aromatic heterocycles. The first kappa shape index (κ1) is 17.0. The van der Waals surface area contributed by atoms with E-state index in [4.69, 9.17) is 0 Å². The van der Waals surface area contributed by atoms with Gasteiger partial charge in [0.1, 0.15) is 17.0 Å². The lowest BCUT2D eigenvalue weighted by atomic mass is 9.79. The van der Waals surface area contributed by atoms with Crippen molar-refractivity contribution >= 4 is 27.4 Å². The van der Waals surface area contributed by atoms with Gasteiger partial charge in [-0.15, -0.1) is 11.3 Å². The van der Waals surface area contributed by atoms with Gasteiger partial charge in [0.05, 0.1) is 11.8 Å². The lowest BCUT2D eigenvalue weighted by Crippen LogP contribution is -2.58. The van der Waals surface area contributed by atoms with Crippen molar-refractivity contribution in [3.8, 4) is 0 Å². The number of nitrogens with zero attached hydrogens (tertiary/aromatic N) is 4. The molecule has 0 radical (unpaired) electrons. The SMILES string of the molecule is CCc1cc2c(N3CCC4(CN(CCC(F)(F)F)C4)C3)ncnc2s1. The predicted molar refractivity (Wildman–Crippen MR) is 93.2 cm³/mol. The summed E-state index contributed by atoms with van der Waals surface area (Å²) in [5.41, 5.74) is 0.131. The van der Waals surface area contributed by atoms with Gasteiger partial charge in [0, 0.05) is 43.0 Å². The number of aromatic nitrogens is 2. The van der Waals surface area contributed by atoms with Crippen molar-refractivity contribution in [3.63, 3.8) is 0 Å². The van der Waals surface area contributed by atoms with Crippen molar-refractivity contribution in [1.29, 1.82) is 0 Å². The standard InChI is InChI=1S/C17H21F3N4S/c1-2-12-7-13-14(21-11-22-15(13)25-12)24-6-3-16(10-24)8-23(9-16)5-4-17(18,19)20/h7,11H,2-6,8-10H2,1H3. The summed E-state index contributed by atoms with van der Waals surface area (Å²) in [5.74, 6) is 0.978. The Balaban J connectivity index is 1.43. The largest absolute Gasteiger partial charge is 0.390 e. The van der Waals surface area contributed by atoms with Crippen LogP contribution in [-0.4, -0.2) is 53.8 Å². The van der Waals surface area contributed by atoms with Crippen molar-refractivity contribution in [3.05, 3.63) is 17.3 Å². The number of fused-ring (bicyclic) bond motifs is 1. The van der Waals surface area contributed by atoms with Gasteiger partial charge < -0.3 is 9.80 Å². The number of alkyl halides is 3. The number of rotatable bonds is 4. The normalized spacial score (nSPS) is 20.6. The molecule has 8 heteroatoms. The maximum Gasteiger partial charge on any atom is 0.390 e. The minimum atomic E-state index is -4.06. The molecule has 0 bridgehead atoms. The average Bonchev–Trinajstić information content (AvgIpc) is 3.14. The molecular weight excluding hydrogens is 349 g/mol. The van der Waals surface area contributed by atoms with Crippen LogP contribution in [0.3, 0.4) is 0 Å². The van der Waals surface area contributed by atoms with Gasteiger partial charge in [-0.1, -0.05) is 6.92 Å². The third-order valence-electron chi connectivity index (χ3n) is 5.28. The van der Waals surface area contributed by atoms with E-state index in [2.05, 4.69) is 27.9 Å². The zero-order valence-electron chi connectivity index (χ0n) is 14.1. The molecular formula is C17H21F3N4S. The van der Waals surface area contributed by atoms with Crippen LogP contribution in [0.5, 0.6) is 0 Å². The fourth-order valence-corrected chi connectivity index (χ4v) is 4.97. The van der Waals surface area contributed by atoms with Crippen molar-refractivity contribution in [2.24, 2.45) is 5.41 Å². The Bertz CT molecular complexity index is 767. The summed E-state index contributed by atoms with van der Waals surface area (Å²) in [6.07, 6.45) is -1.15. The number of thiophene rings is 1. The van der Waals surface area contributed by atoms with E-state index in [0.29, 0.717) is 0 Å². The Kier molecular flexibility index (Phi) is 4.15. The van der Waals surface area contributed by atoms with Crippen LogP contribution in [0, 0.1) is 5.41 Å². The second-order valence-corrected chi connectivity index (χ2v) is 8.34. The van der Waals surface area contributed by atoms with E-state index in [9.17, 15) is 13.2 Å². The molecule has 2 aromatic rings. The third kappa shape index (κ3) is 3.33. The molecule has 2 fully saturated rings. The minimum absolute atomic E-state index is 0.118. The molecule has 136 valence electrons. The van der Waals surface area contributed by atoms with Gasteiger partial charge in [-0.3, -0.25) is 0 Å². The van der Waals surface area contributed by atoms with Crippen LogP contribution in [0.25, 0.3) is 10.2 Å². The summed E-state index contributed by atoms with van der Waals surface area (Å²) in [4.78, 5) is 15.4. The lowest BCUT2D eigenvalue weighted by Gasteiger charge is -2.48. The van der Waals surface area contributed by atoms with Crippen molar-refractivity contribution in [2.75, 3.05) is 37.6 Å². The average molecular weight is 370 g/mol. The molecule has 0 aliphatic carbocycles. The Hall–Kier alpha value is -1.41. The third-order valence-corrected chi connectivity index (χ3v) is 6.46. The van der Waals surface area contributed by atoms with Crippen LogP contribution in [-0.2, 0) is 6.42 Å². The van der Waals surface area contributed by atoms with Gasteiger partial charge in [-0.2, -0.15) is 13.2 Å². The first-order valence-electron chi connectivity index (χ1n) is 8.65. The van der Waals surface area contributed by atoms with Gasteiger partial charge in [0.25, 0.3) is 0 Å². The molecule has 2 saturated heterocycles. The van der Waals surface area contributed by atoms with Crippen LogP contribution < -0.4 is 4.90 Å². The van der Waals surface area contributed by atoms with E-state index in [1.165, 1.54) is 4.88 Å². The van der Waals surface area contributed by atoms with E-state index >= 15 is 0 Å². The van der Waals surface area contributed by atoms with E-state index in [-0.39, 0.29) is 12.0 Å². The number of halogens is 3. The van der Waals surface area contributed by atoms with Crippen LogP contribution >= 0.6 is 11.3 Å². The number of hydrogen-bond donors (Lipinski definition) is 0. The van der Waals surface area contributed by atoms with E-state index < -0.39 is 12.6 Å². The maximum absolute atomic E-state index is 12.4. The molecule has 0 aromatic carbocycles.